The molecule has 0 spiro atoms. The lowest BCUT2D eigenvalue weighted by Gasteiger charge is -2.17. The van der Waals surface area contributed by atoms with Crippen molar-refractivity contribution in [3.05, 3.63) is 39.4 Å². The summed E-state index contributed by atoms with van der Waals surface area (Å²) in [6.07, 6.45) is 4.22. The summed E-state index contributed by atoms with van der Waals surface area (Å²) >= 11 is 0. The van der Waals surface area contributed by atoms with Crippen molar-refractivity contribution in [2.24, 2.45) is 5.92 Å². The number of unbranched alkanes of at least 4 members (excludes halogenated alkanes) is 1. The topological polar surface area (TPSA) is 110 Å². The number of hydrogen-bond acceptors (Lipinski definition) is 5. The van der Waals surface area contributed by atoms with E-state index in [4.69, 9.17) is 0 Å². The SMILES string of the molecule is CCCCC(CC)CNC(=O)CCN1C(=O)c2cccc([N+](=O)[O-])c2C1=O. The third-order valence-corrected chi connectivity index (χ3v) is 4.87. The van der Waals surface area contributed by atoms with E-state index in [2.05, 4.69) is 19.2 Å². The number of fused-ring (bicyclic) bond motifs is 1. The molecule has 8 nitrogen and oxygen atoms in total. The fourth-order valence-corrected chi connectivity index (χ4v) is 3.17. The van der Waals surface area contributed by atoms with Crippen molar-refractivity contribution < 1.29 is 19.3 Å². The highest BCUT2D eigenvalue weighted by molar-refractivity contribution is 6.23. The molecule has 3 amide bonds. The van der Waals surface area contributed by atoms with E-state index in [0.717, 1.165) is 30.6 Å². The highest BCUT2D eigenvalue weighted by Crippen LogP contribution is 2.30. The average Bonchev–Trinajstić information content (AvgIpc) is 2.90. The van der Waals surface area contributed by atoms with Gasteiger partial charge < -0.3 is 5.32 Å². The fourth-order valence-electron chi connectivity index (χ4n) is 3.17. The molecule has 1 N–H and O–H groups in total. The zero-order chi connectivity index (χ0) is 20.0. The van der Waals surface area contributed by atoms with E-state index in [1.807, 2.05) is 0 Å². The van der Waals surface area contributed by atoms with Crippen molar-refractivity contribution in [1.29, 1.82) is 0 Å². The fraction of sp³-hybridized carbons (Fsp3) is 0.526. The van der Waals surface area contributed by atoms with Gasteiger partial charge in [0, 0.05) is 25.6 Å². The quantitative estimate of drug-likeness (QED) is 0.384. The van der Waals surface area contributed by atoms with Crippen LogP contribution in [0.15, 0.2) is 18.2 Å². The summed E-state index contributed by atoms with van der Waals surface area (Å²) in [4.78, 5) is 48.2. The first kappa shape index (κ1) is 20.5. The van der Waals surface area contributed by atoms with Gasteiger partial charge in [0.2, 0.25) is 5.91 Å². The number of carbonyl (C=O) groups is 3. The van der Waals surface area contributed by atoms with Gasteiger partial charge in [-0.2, -0.15) is 0 Å². The van der Waals surface area contributed by atoms with Gasteiger partial charge in [-0.05, 0) is 18.4 Å². The normalized spacial score (nSPS) is 14.2. The summed E-state index contributed by atoms with van der Waals surface area (Å²) in [7, 11) is 0. The van der Waals surface area contributed by atoms with Gasteiger partial charge in [0.15, 0.2) is 0 Å². The van der Waals surface area contributed by atoms with Crippen LogP contribution in [0.2, 0.25) is 0 Å². The van der Waals surface area contributed by atoms with Crippen LogP contribution in [0.1, 0.15) is 66.7 Å². The minimum atomic E-state index is -0.718. The molecule has 0 bridgehead atoms. The molecule has 1 aliphatic rings. The Balaban J connectivity index is 1.94. The van der Waals surface area contributed by atoms with E-state index >= 15 is 0 Å². The number of imide groups is 1. The Morgan fingerprint density at radius 1 is 1.26 bits per heavy atom. The molecule has 1 aromatic rings. The van der Waals surface area contributed by atoms with Crippen LogP contribution in [-0.4, -0.2) is 40.6 Å². The molecule has 1 aromatic carbocycles. The predicted molar refractivity (Wildman–Crippen MR) is 99.4 cm³/mol. The molecule has 0 saturated heterocycles. The number of rotatable bonds is 10. The summed E-state index contributed by atoms with van der Waals surface area (Å²) in [6.45, 7) is 4.68. The monoisotopic (exact) mass is 375 g/mol. The predicted octanol–water partition coefficient (Wildman–Crippen LogP) is 2.91. The van der Waals surface area contributed by atoms with Gasteiger partial charge in [0.25, 0.3) is 17.5 Å². The molecule has 0 radical (unpaired) electrons. The van der Waals surface area contributed by atoms with Crippen molar-refractivity contribution in [2.45, 2.75) is 46.0 Å². The molecule has 1 aliphatic heterocycles. The summed E-state index contributed by atoms with van der Waals surface area (Å²) in [5.74, 6) is -1.14. The maximum absolute atomic E-state index is 12.4. The Labute approximate surface area is 158 Å². The van der Waals surface area contributed by atoms with E-state index in [9.17, 15) is 24.5 Å². The van der Waals surface area contributed by atoms with Crippen LogP contribution in [0.5, 0.6) is 0 Å². The van der Waals surface area contributed by atoms with Crippen LogP contribution in [0.25, 0.3) is 0 Å². The summed E-state index contributed by atoms with van der Waals surface area (Å²) in [6, 6.07) is 3.96. The Hall–Kier alpha value is -2.77. The van der Waals surface area contributed by atoms with E-state index in [-0.39, 0.29) is 35.7 Å². The number of carbonyl (C=O) groups excluding carboxylic acids is 3. The Morgan fingerprint density at radius 3 is 2.63 bits per heavy atom. The van der Waals surface area contributed by atoms with E-state index in [1.165, 1.54) is 18.2 Å². The second-order valence-electron chi connectivity index (χ2n) is 6.69. The molecule has 0 fully saturated rings. The van der Waals surface area contributed by atoms with Crippen LogP contribution < -0.4 is 5.32 Å². The highest BCUT2D eigenvalue weighted by Gasteiger charge is 2.40. The van der Waals surface area contributed by atoms with E-state index in [0.29, 0.717) is 12.5 Å². The molecule has 146 valence electrons. The first-order valence-corrected chi connectivity index (χ1v) is 9.30. The van der Waals surface area contributed by atoms with Crippen molar-refractivity contribution in [3.63, 3.8) is 0 Å². The van der Waals surface area contributed by atoms with Crippen LogP contribution in [0.4, 0.5) is 5.69 Å². The number of nitro benzene ring substituents is 1. The number of nitrogens with zero attached hydrogens (tertiary/aromatic N) is 2. The van der Waals surface area contributed by atoms with Gasteiger partial charge >= 0.3 is 0 Å². The number of hydrogen-bond donors (Lipinski definition) is 1. The molecule has 0 aromatic heterocycles. The third-order valence-electron chi connectivity index (χ3n) is 4.87. The third kappa shape index (κ3) is 4.69. The molecule has 0 saturated carbocycles. The lowest BCUT2D eigenvalue weighted by molar-refractivity contribution is -0.385. The Morgan fingerprint density at radius 2 is 2.00 bits per heavy atom. The largest absolute Gasteiger partial charge is 0.356 e. The zero-order valence-electron chi connectivity index (χ0n) is 15.7. The van der Waals surface area contributed by atoms with E-state index < -0.39 is 16.7 Å². The maximum Gasteiger partial charge on any atom is 0.282 e. The van der Waals surface area contributed by atoms with Gasteiger partial charge in [-0.1, -0.05) is 39.2 Å². The second-order valence-corrected chi connectivity index (χ2v) is 6.69. The Kier molecular flexibility index (Phi) is 7.04. The van der Waals surface area contributed by atoms with Crippen LogP contribution >= 0.6 is 0 Å². The molecule has 2 rings (SSSR count). The van der Waals surface area contributed by atoms with Gasteiger partial charge in [-0.3, -0.25) is 29.4 Å². The van der Waals surface area contributed by atoms with Crippen molar-refractivity contribution in [1.82, 2.24) is 10.2 Å². The molecule has 1 heterocycles. The summed E-state index contributed by atoms with van der Waals surface area (Å²) in [5, 5.41) is 13.9. The number of amides is 3. The molecule has 27 heavy (non-hydrogen) atoms. The van der Waals surface area contributed by atoms with Gasteiger partial charge in [-0.25, -0.2) is 0 Å². The van der Waals surface area contributed by atoms with Crippen molar-refractivity contribution in [3.8, 4) is 0 Å². The van der Waals surface area contributed by atoms with E-state index in [1.54, 1.807) is 0 Å². The molecular formula is C19H25N3O5. The Bertz CT molecular complexity index is 747. The first-order chi connectivity index (χ1) is 12.9. The highest BCUT2D eigenvalue weighted by atomic mass is 16.6. The molecular weight excluding hydrogens is 350 g/mol. The van der Waals surface area contributed by atoms with Crippen LogP contribution in [0.3, 0.4) is 0 Å². The van der Waals surface area contributed by atoms with Crippen molar-refractivity contribution >= 4 is 23.4 Å². The summed E-state index contributed by atoms with van der Waals surface area (Å²) < 4.78 is 0. The number of benzene rings is 1. The van der Waals surface area contributed by atoms with Gasteiger partial charge in [0.1, 0.15) is 5.56 Å². The molecule has 1 unspecified atom stereocenters. The average molecular weight is 375 g/mol. The zero-order valence-corrected chi connectivity index (χ0v) is 15.7. The van der Waals surface area contributed by atoms with Crippen LogP contribution in [-0.2, 0) is 4.79 Å². The molecule has 0 aliphatic carbocycles. The minimum absolute atomic E-state index is 0.0141. The lowest BCUT2D eigenvalue weighted by atomic mass is 9.99. The summed E-state index contributed by atoms with van der Waals surface area (Å²) in [5.41, 5.74) is -0.571. The number of nitrogens with one attached hydrogen (secondary N) is 1. The van der Waals surface area contributed by atoms with Crippen molar-refractivity contribution in [2.75, 3.05) is 13.1 Å². The first-order valence-electron chi connectivity index (χ1n) is 9.30. The second kappa shape index (κ2) is 9.25. The van der Waals surface area contributed by atoms with Crippen LogP contribution in [0, 0.1) is 16.0 Å². The minimum Gasteiger partial charge on any atom is -0.356 e. The lowest BCUT2D eigenvalue weighted by Crippen LogP contribution is -2.36. The van der Waals surface area contributed by atoms with Gasteiger partial charge in [0.05, 0.1) is 10.5 Å². The number of nitro groups is 1. The molecule has 8 heteroatoms. The smallest absolute Gasteiger partial charge is 0.282 e. The standard InChI is InChI=1S/C19H25N3O5/c1-3-5-7-13(4-2)12-20-16(23)10-11-21-18(24)14-8-6-9-15(22(26)27)17(14)19(21)25/h6,8-9,13H,3-5,7,10-12H2,1-2H3,(H,20,23). The van der Waals surface area contributed by atoms with Gasteiger partial charge in [-0.15, -0.1) is 0 Å². The molecule has 1 atom stereocenters. The maximum atomic E-state index is 12.4.